The van der Waals surface area contributed by atoms with E-state index in [-0.39, 0.29) is 0 Å². The van der Waals surface area contributed by atoms with Gasteiger partial charge in [-0.25, -0.2) is 9.98 Å². The minimum atomic E-state index is 0.647. The summed E-state index contributed by atoms with van der Waals surface area (Å²) in [6, 6.07) is 28.0. The number of anilines is 2. The Morgan fingerprint density at radius 2 is 1.42 bits per heavy atom. The van der Waals surface area contributed by atoms with E-state index in [2.05, 4.69) is 0 Å². The van der Waals surface area contributed by atoms with E-state index in [1.54, 1.807) is 0 Å². The predicted molar refractivity (Wildman–Crippen MR) is 110 cm³/mol. The van der Waals surface area contributed by atoms with Crippen molar-refractivity contribution in [2.75, 3.05) is 4.90 Å². The molecule has 1 aliphatic heterocycles. The fraction of sp³-hybridized carbons (Fsp3) is 0. The van der Waals surface area contributed by atoms with Crippen molar-refractivity contribution < 1.29 is 0 Å². The predicted octanol–water partition coefficient (Wildman–Crippen LogP) is 5.09. The Labute approximate surface area is 156 Å². The number of fused-ring (bicyclic) bond motifs is 3. The topological polar surface area (TPSA) is 33.4 Å². The van der Waals surface area contributed by atoms with Gasteiger partial charge in [-0.15, -0.1) is 0 Å². The molecule has 2 heterocycles. The number of hydrogen-bond donors (Lipinski definition) is 0. The molecule has 0 aliphatic carbocycles. The minimum Gasteiger partial charge on any atom is -0.267 e. The summed E-state index contributed by atoms with van der Waals surface area (Å²) in [5.74, 6) is 1.50. The standard InChI is InChI=1S/C21H14N4S/c26-20-19(22-15-9-3-1-4-10-15)25-18-14-8-7-13-17(18)23-21(25)24(20)16-11-5-2-6-12-16/h1-14H. The molecule has 4 aromatic rings. The highest BCUT2D eigenvalue weighted by Gasteiger charge is 2.35. The van der Waals surface area contributed by atoms with Gasteiger partial charge in [-0.3, -0.25) is 9.47 Å². The smallest absolute Gasteiger partial charge is 0.222 e. The Morgan fingerprint density at radius 1 is 0.769 bits per heavy atom. The van der Waals surface area contributed by atoms with Crippen LogP contribution in [0.1, 0.15) is 0 Å². The van der Waals surface area contributed by atoms with Crippen LogP contribution in [0, 0.1) is 0 Å². The maximum atomic E-state index is 5.80. The molecule has 124 valence electrons. The van der Waals surface area contributed by atoms with Gasteiger partial charge in [0.25, 0.3) is 0 Å². The van der Waals surface area contributed by atoms with Crippen LogP contribution in [0.3, 0.4) is 0 Å². The molecule has 0 N–H and O–H groups in total. The molecule has 0 atom stereocenters. The SMILES string of the molecule is S=C1C(=Nc2ccccc2)n2c(nc3ccccc32)N1c1ccccc1. The Bertz CT molecular complexity index is 1150. The largest absolute Gasteiger partial charge is 0.267 e. The van der Waals surface area contributed by atoms with E-state index in [4.69, 9.17) is 22.2 Å². The second-order valence-corrected chi connectivity index (χ2v) is 6.37. The molecule has 5 heteroatoms. The Balaban J connectivity index is 1.78. The van der Waals surface area contributed by atoms with Crippen molar-refractivity contribution >= 4 is 51.4 Å². The third kappa shape index (κ3) is 2.25. The van der Waals surface area contributed by atoms with E-state index in [0.29, 0.717) is 4.99 Å². The van der Waals surface area contributed by atoms with Crippen molar-refractivity contribution in [1.29, 1.82) is 0 Å². The van der Waals surface area contributed by atoms with Crippen LogP contribution in [0.2, 0.25) is 0 Å². The van der Waals surface area contributed by atoms with E-state index in [1.807, 2.05) is 94.4 Å². The summed E-state index contributed by atoms with van der Waals surface area (Å²) in [6.07, 6.45) is 0. The molecule has 0 radical (unpaired) electrons. The van der Waals surface area contributed by atoms with Gasteiger partial charge in [0, 0.05) is 0 Å². The third-order valence-corrected chi connectivity index (χ3v) is 4.72. The number of hydrogen-bond acceptors (Lipinski definition) is 3. The molecule has 4 nitrogen and oxygen atoms in total. The van der Waals surface area contributed by atoms with Gasteiger partial charge in [-0.05, 0) is 36.4 Å². The maximum absolute atomic E-state index is 5.80. The molecule has 26 heavy (non-hydrogen) atoms. The molecule has 0 unspecified atom stereocenters. The number of imidazole rings is 1. The first-order valence-electron chi connectivity index (χ1n) is 8.34. The summed E-state index contributed by atoms with van der Waals surface area (Å²) in [7, 11) is 0. The van der Waals surface area contributed by atoms with E-state index in [0.717, 1.165) is 34.2 Å². The van der Waals surface area contributed by atoms with Gasteiger partial charge in [0.05, 0.1) is 22.4 Å². The lowest BCUT2D eigenvalue weighted by molar-refractivity contribution is 1.16. The summed E-state index contributed by atoms with van der Waals surface area (Å²) < 4.78 is 2.04. The lowest BCUT2D eigenvalue weighted by Gasteiger charge is -2.15. The van der Waals surface area contributed by atoms with Crippen molar-refractivity contribution in [3.63, 3.8) is 0 Å². The van der Waals surface area contributed by atoms with Crippen molar-refractivity contribution in [3.05, 3.63) is 84.9 Å². The van der Waals surface area contributed by atoms with Gasteiger partial charge in [-0.1, -0.05) is 60.7 Å². The highest BCUT2D eigenvalue weighted by Crippen LogP contribution is 2.35. The summed E-state index contributed by atoms with van der Waals surface area (Å²) in [5.41, 5.74) is 3.76. The van der Waals surface area contributed by atoms with Crippen molar-refractivity contribution in [1.82, 2.24) is 9.55 Å². The van der Waals surface area contributed by atoms with Gasteiger partial charge in [-0.2, -0.15) is 0 Å². The van der Waals surface area contributed by atoms with Crippen LogP contribution in [0.5, 0.6) is 0 Å². The molecule has 3 aromatic carbocycles. The van der Waals surface area contributed by atoms with Crippen molar-refractivity contribution in [2.45, 2.75) is 0 Å². The molecule has 0 amide bonds. The molecule has 0 saturated heterocycles. The Hall–Kier alpha value is -3.31. The van der Waals surface area contributed by atoms with Gasteiger partial charge in [0.2, 0.25) is 5.95 Å². The molecular formula is C21H14N4S. The van der Waals surface area contributed by atoms with Crippen LogP contribution < -0.4 is 4.90 Å². The lowest BCUT2D eigenvalue weighted by atomic mass is 10.3. The van der Waals surface area contributed by atoms with Crippen LogP contribution in [0.25, 0.3) is 11.0 Å². The fourth-order valence-electron chi connectivity index (χ4n) is 3.19. The number of thiocarbonyl (C=S) groups is 1. The normalized spacial score (nSPS) is 15.0. The molecule has 0 saturated carbocycles. The van der Waals surface area contributed by atoms with Gasteiger partial charge >= 0.3 is 0 Å². The van der Waals surface area contributed by atoms with Crippen LogP contribution in [-0.2, 0) is 0 Å². The fourth-order valence-corrected chi connectivity index (χ4v) is 3.51. The molecule has 1 aromatic heterocycles. The maximum Gasteiger partial charge on any atom is 0.222 e. The summed E-state index contributed by atoms with van der Waals surface area (Å²) in [4.78, 5) is 12.3. The van der Waals surface area contributed by atoms with Gasteiger partial charge < -0.3 is 0 Å². The minimum absolute atomic E-state index is 0.647. The van der Waals surface area contributed by atoms with E-state index in [1.165, 1.54) is 0 Å². The lowest BCUT2D eigenvalue weighted by Crippen LogP contribution is -2.25. The number of rotatable bonds is 2. The molecule has 5 rings (SSSR count). The highest BCUT2D eigenvalue weighted by molar-refractivity contribution is 7.82. The third-order valence-electron chi connectivity index (χ3n) is 4.35. The Kier molecular flexibility index (Phi) is 3.40. The van der Waals surface area contributed by atoms with Crippen molar-refractivity contribution in [2.24, 2.45) is 4.99 Å². The summed E-state index contributed by atoms with van der Waals surface area (Å²) >= 11 is 5.80. The average Bonchev–Trinajstić information content (AvgIpc) is 3.18. The van der Waals surface area contributed by atoms with E-state index in [9.17, 15) is 0 Å². The summed E-state index contributed by atoms with van der Waals surface area (Å²) in [6.45, 7) is 0. The highest BCUT2D eigenvalue weighted by atomic mass is 32.1. The van der Waals surface area contributed by atoms with Crippen LogP contribution >= 0.6 is 12.2 Å². The second-order valence-electron chi connectivity index (χ2n) is 5.98. The van der Waals surface area contributed by atoms with Crippen LogP contribution in [0.4, 0.5) is 17.3 Å². The zero-order valence-electron chi connectivity index (χ0n) is 13.8. The molecule has 1 aliphatic rings. The quantitative estimate of drug-likeness (QED) is 0.470. The number of nitrogens with zero attached hydrogens (tertiary/aromatic N) is 4. The first-order valence-corrected chi connectivity index (χ1v) is 8.75. The van der Waals surface area contributed by atoms with Gasteiger partial charge in [0.15, 0.2) is 10.8 Å². The number of aliphatic imine (C=N–C) groups is 1. The molecule has 0 spiro atoms. The number of benzene rings is 3. The van der Waals surface area contributed by atoms with Gasteiger partial charge in [0.1, 0.15) is 0 Å². The van der Waals surface area contributed by atoms with Crippen LogP contribution in [-0.4, -0.2) is 20.4 Å². The second kappa shape index (κ2) is 5.89. The van der Waals surface area contributed by atoms with E-state index >= 15 is 0 Å². The van der Waals surface area contributed by atoms with E-state index < -0.39 is 0 Å². The monoisotopic (exact) mass is 354 g/mol. The zero-order valence-corrected chi connectivity index (χ0v) is 14.6. The number of aromatic nitrogens is 2. The number of para-hydroxylation sites is 4. The molecule has 0 fully saturated rings. The molecular weight excluding hydrogens is 340 g/mol. The average molecular weight is 354 g/mol. The van der Waals surface area contributed by atoms with Crippen LogP contribution in [0.15, 0.2) is 89.9 Å². The van der Waals surface area contributed by atoms with Crippen molar-refractivity contribution in [3.8, 4) is 0 Å². The summed E-state index contributed by atoms with van der Waals surface area (Å²) in [5, 5.41) is 0. The Morgan fingerprint density at radius 3 is 2.19 bits per heavy atom. The first-order chi connectivity index (χ1) is 12.8. The zero-order chi connectivity index (χ0) is 17.5. The molecule has 0 bridgehead atoms. The first kappa shape index (κ1) is 15.0.